The maximum absolute atomic E-state index is 12.9. The molecule has 0 aliphatic heterocycles. The van der Waals surface area contributed by atoms with Crippen LogP contribution in [0.5, 0.6) is 0 Å². The first-order valence-corrected chi connectivity index (χ1v) is 36.2. The highest BCUT2D eigenvalue weighted by atomic mass is 31.2. The highest BCUT2D eigenvalue weighted by Crippen LogP contribution is 2.45. The smallest absolute Gasteiger partial charge is 0.463 e. The number of phosphoric acid groups is 2. The molecule has 0 fully saturated rings. The average Bonchev–Trinajstić information content (AvgIpc) is 3.68. The summed E-state index contributed by atoms with van der Waals surface area (Å²) in [5.41, 5.74) is 0. The number of hydrogen-bond acceptors (Lipinski definition) is 14. The summed E-state index contributed by atoms with van der Waals surface area (Å²) in [7, 11) is -9.79. The third-order valence-corrected chi connectivity index (χ3v) is 15.4. The maximum atomic E-state index is 12.9. The second kappa shape index (κ2) is 62.4. The van der Waals surface area contributed by atoms with Gasteiger partial charge in [-0.15, -0.1) is 0 Å². The van der Waals surface area contributed by atoms with Gasteiger partial charge in [0.1, 0.15) is 25.4 Å². The summed E-state index contributed by atoms with van der Waals surface area (Å²) < 4.78 is 60.8. The zero-order valence-corrected chi connectivity index (χ0v) is 55.7. The molecule has 500 valence electrons. The van der Waals surface area contributed by atoms with Gasteiger partial charge in [0, 0.05) is 19.3 Å². The van der Waals surface area contributed by atoms with Crippen LogP contribution < -0.4 is 0 Å². The molecule has 5 atom stereocenters. The number of aliphatic hydroxyl groups is 2. The molecule has 16 nitrogen and oxygen atoms in total. The largest absolute Gasteiger partial charge is 0.472 e. The maximum Gasteiger partial charge on any atom is 0.472 e. The first-order valence-electron chi connectivity index (χ1n) is 33.2. The molecule has 0 amide bonds. The summed E-state index contributed by atoms with van der Waals surface area (Å²) in [5.74, 6) is -1.63. The Morgan fingerprint density at radius 1 is 0.333 bits per heavy atom. The molecule has 0 saturated carbocycles. The van der Waals surface area contributed by atoms with E-state index in [9.17, 15) is 43.5 Å². The number of rotatable bonds is 62. The Hall–Kier alpha value is -3.79. The normalized spacial score (nSPS) is 15.0. The summed E-state index contributed by atoms with van der Waals surface area (Å²) >= 11 is 0. The molecule has 0 aromatic heterocycles. The monoisotopic (exact) mass is 1260 g/mol. The van der Waals surface area contributed by atoms with Crippen LogP contribution in [0.25, 0.3) is 0 Å². The second-order valence-electron chi connectivity index (χ2n) is 21.9. The summed E-state index contributed by atoms with van der Waals surface area (Å²) in [6, 6.07) is 0. The quantitative estimate of drug-likeness (QED) is 0.0146. The van der Waals surface area contributed by atoms with E-state index in [0.717, 1.165) is 128 Å². The van der Waals surface area contributed by atoms with Gasteiger partial charge in [-0.3, -0.25) is 32.5 Å². The van der Waals surface area contributed by atoms with Crippen molar-refractivity contribution in [2.45, 2.75) is 270 Å². The number of hydrogen-bond donors (Lipinski definition) is 4. The second-order valence-corrected chi connectivity index (χ2v) is 24.8. The molecule has 0 saturated heterocycles. The van der Waals surface area contributed by atoms with Gasteiger partial charge in [-0.2, -0.15) is 0 Å². The lowest BCUT2D eigenvalue weighted by Crippen LogP contribution is -2.30. The van der Waals surface area contributed by atoms with Gasteiger partial charge in [-0.05, 0) is 103 Å². The molecule has 0 radical (unpaired) electrons. The van der Waals surface area contributed by atoms with Gasteiger partial charge >= 0.3 is 33.6 Å². The fraction of sp³-hybridized carbons (Fsp3) is 0.696. The van der Waals surface area contributed by atoms with Crippen LogP contribution in [0.3, 0.4) is 0 Å². The van der Waals surface area contributed by atoms with Gasteiger partial charge in [0.2, 0.25) is 0 Å². The SMILES string of the molecule is CC/C=C\C/C=C\C/C=C\C/C=C\C/C=C\C/C=C\CCCCC(=O)OCC(O)COP(=O)(O)OCC(O)COP(=O)(O)OCC(COC(=O)CCCCCCC/C=C\C/C=C\C/C=C\CC)OC(=O)CCCCCCCCCCCCCCCCC. The molecule has 0 rings (SSSR count). The number of ether oxygens (including phenoxy) is 3. The molecule has 4 N–H and O–H groups in total. The van der Waals surface area contributed by atoms with Crippen LogP contribution >= 0.6 is 15.6 Å². The first-order chi connectivity index (χ1) is 42.2. The lowest BCUT2D eigenvalue weighted by Gasteiger charge is -2.21. The molecule has 0 heterocycles. The molecule has 18 heteroatoms. The summed E-state index contributed by atoms with van der Waals surface area (Å²) in [4.78, 5) is 58.3. The van der Waals surface area contributed by atoms with Crippen molar-refractivity contribution in [2.75, 3.05) is 39.6 Å². The van der Waals surface area contributed by atoms with Gasteiger partial charge < -0.3 is 34.2 Å². The zero-order valence-electron chi connectivity index (χ0n) is 53.9. The molecule has 0 bridgehead atoms. The third-order valence-electron chi connectivity index (χ3n) is 13.5. The van der Waals surface area contributed by atoms with Crippen molar-refractivity contribution in [1.29, 1.82) is 0 Å². The zero-order chi connectivity index (χ0) is 63.8. The summed E-state index contributed by atoms with van der Waals surface area (Å²) in [6.45, 7) is 2.37. The Balaban J connectivity index is 4.69. The van der Waals surface area contributed by atoms with Crippen LogP contribution in [0.2, 0.25) is 0 Å². The van der Waals surface area contributed by atoms with Crippen molar-refractivity contribution >= 4 is 33.6 Å². The molecule has 87 heavy (non-hydrogen) atoms. The van der Waals surface area contributed by atoms with E-state index in [1.807, 2.05) is 0 Å². The molecule has 5 unspecified atom stereocenters. The van der Waals surface area contributed by atoms with Crippen LogP contribution in [0, 0.1) is 0 Å². The number of aliphatic hydroxyl groups excluding tert-OH is 2. The average molecular weight is 1270 g/mol. The predicted octanol–water partition coefficient (Wildman–Crippen LogP) is 18.1. The number of unbranched alkanes of at least 4 members (excludes halogenated alkanes) is 21. The molecule has 0 spiro atoms. The Bertz CT molecular complexity index is 2030. The minimum absolute atomic E-state index is 0.101. The van der Waals surface area contributed by atoms with Crippen LogP contribution in [0.1, 0.15) is 252 Å². The Labute approximate surface area is 526 Å². The minimum Gasteiger partial charge on any atom is -0.463 e. The van der Waals surface area contributed by atoms with E-state index in [4.69, 9.17) is 32.3 Å². The minimum atomic E-state index is -4.93. The van der Waals surface area contributed by atoms with E-state index in [0.29, 0.717) is 19.3 Å². The van der Waals surface area contributed by atoms with Crippen molar-refractivity contribution < 1.29 is 75.8 Å². The van der Waals surface area contributed by atoms with E-state index in [1.165, 1.54) is 64.2 Å². The molecule has 0 aliphatic carbocycles. The Kier molecular flexibility index (Phi) is 59.7. The van der Waals surface area contributed by atoms with Gasteiger partial charge in [0.15, 0.2) is 6.10 Å². The third kappa shape index (κ3) is 63.6. The highest BCUT2D eigenvalue weighted by molar-refractivity contribution is 7.47. The van der Waals surface area contributed by atoms with E-state index < -0.39 is 91.5 Å². The number of carbonyl (C=O) groups excluding carboxylic acids is 3. The van der Waals surface area contributed by atoms with Crippen molar-refractivity contribution in [3.05, 3.63) is 109 Å². The van der Waals surface area contributed by atoms with E-state index >= 15 is 0 Å². The number of carbonyl (C=O) groups is 3. The molecule has 0 aromatic rings. The van der Waals surface area contributed by atoms with Crippen LogP contribution in [-0.2, 0) is 55.8 Å². The highest BCUT2D eigenvalue weighted by Gasteiger charge is 2.29. The summed E-state index contributed by atoms with van der Waals surface area (Å²) in [5, 5.41) is 20.5. The van der Waals surface area contributed by atoms with Gasteiger partial charge in [-0.25, -0.2) is 9.13 Å². The van der Waals surface area contributed by atoms with Crippen molar-refractivity contribution in [3.8, 4) is 0 Å². The fourth-order valence-electron chi connectivity index (χ4n) is 8.47. The molecular weight excluding hydrogens is 1150 g/mol. The number of phosphoric ester groups is 2. The molecule has 0 aromatic carbocycles. The van der Waals surface area contributed by atoms with E-state index in [1.54, 1.807) is 0 Å². The standard InChI is InChI=1S/C69H118O16P2/c1-4-7-10-13-16-19-22-25-28-29-30-31-32-33-36-38-40-43-46-49-52-55-67(72)79-58-64(70)59-81-86(75,76)82-60-65(71)61-83-87(77,78)84-63-66(85-69(74)57-54-51-48-45-42-39-35-27-24-21-18-15-12-9-6-3)62-80-68(73)56-53-50-47-44-41-37-34-26-23-20-17-14-11-8-5-2/h7-8,10-11,16-17,19-20,25-26,28,30-31,33-34,36,40,43,64-66,70-71H,4-6,9,12-15,18,21-24,27,29,32,35,37-39,41-42,44-63H2,1-3H3,(H,75,76)(H,77,78)/b10-7-,11-8-,19-16-,20-17-,28-25-,31-30-,34-26-,36-33-,43-40-. The lowest BCUT2D eigenvalue weighted by molar-refractivity contribution is -0.161. The van der Waals surface area contributed by atoms with Gasteiger partial charge in [0.25, 0.3) is 0 Å². The predicted molar refractivity (Wildman–Crippen MR) is 353 cm³/mol. The van der Waals surface area contributed by atoms with Crippen molar-refractivity contribution in [1.82, 2.24) is 0 Å². The van der Waals surface area contributed by atoms with Crippen molar-refractivity contribution in [2.24, 2.45) is 0 Å². The van der Waals surface area contributed by atoms with E-state index in [-0.39, 0.29) is 19.3 Å². The topological polar surface area (TPSA) is 231 Å². The van der Waals surface area contributed by atoms with Crippen molar-refractivity contribution in [3.63, 3.8) is 0 Å². The first kappa shape index (κ1) is 83.2. The molecular formula is C69H118O16P2. The Morgan fingerprint density at radius 2 is 0.609 bits per heavy atom. The number of allylic oxidation sites excluding steroid dienone is 18. The van der Waals surface area contributed by atoms with Crippen LogP contribution in [-0.4, -0.2) is 95.9 Å². The lowest BCUT2D eigenvalue weighted by atomic mass is 10.0. The van der Waals surface area contributed by atoms with E-state index in [2.05, 4.69) is 130 Å². The van der Waals surface area contributed by atoms with Gasteiger partial charge in [0.05, 0.1) is 26.4 Å². The number of esters is 3. The van der Waals surface area contributed by atoms with Crippen LogP contribution in [0.4, 0.5) is 0 Å². The fourth-order valence-corrected chi connectivity index (χ4v) is 10.1. The molecule has 0 aliphatic rings. The van der Waals surface area contributed by atoms with Crippen LogP contribution in [0.15, 0.2) is 109 Å². The van der Waals surface area contributed by atoms with Gasteiger partial charge in [-0.1, -0.05) is 239 Å². The Morgan fingerprint density at radius 3 is 0.989 bits per heavy atom. The summed E-state index contributed by atoms with van der Waals surface area (Å²) in [6.07, 6.45) is 68.6.